The lowest BCUT2D eigenvalue weighted by atomic mass is 10.1. The lowest BCUT2D eigenvalue weighted by molar-refractivity contribution is 1.25. The molecule has 0 saturated heterocycles. The second-order valence-corrected chi connectivity index (χ2v) is 6.30. The maximum Gasteiger partial charge on any atom is 0.0707 e. The minimum Gasteiger partial charge on any atom is -0.253 e. The first-order valence-electron chi connectivity index (χ1n) is 8.19. The van der Waals surface area contributed by atoms with Gasteiger partial charge in [-0.05, 0) is 63.6 Å². The second-order valence-electron chi connectivity index (χ2n) is 6.30. The lowest BCUT2D eigenvalue weighted by Crippen LogP contribution is -1.83. The standard InChI is InChI=1S/2C11H11N/c1-8-3-6-11-10(7-8)5-4-9(2)12-11;1-8-3-5-10-6-4-9(2)12-11(10)7-8/h2*3-7H,1-2H3. The van der Waals surface area contributed by atoms with Crippen molar-refractivity contribution in [3.8, 4) is 0 Å². The van der Waals surface area contributed by atoms with E-state index < -0.39 is 0 Å². The van der Waals surface area contributed by atoms with Crippen molar-refractivity contribution in [1.82, 2.24) is 9.97 Å². The lowest BCUT2D eigenvalue weighted by Gasteiger charge is -1.99. The fourth-order valence-corrected chi connectivity index (χ4v) is 2.68. The first kappa shape index (κ1) is 16.1. The number of hydrogen-bond acceptors (Lipinski definition) is 2. The van der Waals surface area contributed by atoms with Crippen LogP contribution >= 0.6 is 0 Å². The smallest absolute Gasteiger partial charge is 0.0707 e. The van der Waals surface area contributed by atoms with Crippen LogP contribution in [0.2, 0.25) is 0 Å². The summed E-state index contributed by atoms with van der Waals surface area (Å²) in [6, 6.07) is 21.0. The predicted octanol–water partition coefficient (Wildman–Crippen LogP) is 5.70. The number of benzene rings is 2. The Bertz CT molecular complexity index is 925. The Hall–Kier alpha value is -2.74. The summed E-state index contributed by atoms with van der Waals surface area (Å²) < 4.78 is 0. The largest absolute Gasteiger partial charge is 0.253 e. The quantitative estimate of drug-likeness (QED) is 0.416. The van der Waals surface area contributed by atoms with Crippen molar-refractivity contribution in [2.45, 2.75) is 27.7 Å². The van der Waals surface area contributed by atoms with E-state index in [-0.39, 0.29) is 0 Å². The van der Waals surface area contributed by atoms with Gasteiger partial charge in [0.15, 0.2) is 0 Å². The van der Waals surface area contributed by atoms with Gasteiger partial charge in [0, 0.05) is 22.2 Å². The average molecular weight is 314 g/mol. The van der Waals surface area contributed by atoms with Gasteiger partial charge in [0.2, 0.25) is 0 Å². The van der Waals surface area contributed by atoms with Crippen LogP contribution in [0, 0.1) is 27.7 Å². The van der Waals surface area contributed by atoms with E-state index in [9.17, 15) is 0 Å². The van der Waals surface area contributed by atoms with E-state index >= 15 is 0 Å². The summed E-state index contributed by atoms with van der Waals surface area (Å²) in [4.78, 5) is 8.85. The van der Waals surface area contributed by atoms with Crippen molar-refractivity contribution < 1.29 is 0 Å². The third kappa shape index (κ3) is 3.77. The zero-order valence-electron chi connectivity index (χ0n) is 14.7. The highest BCUT2D eigenvalue weighted by atomic mass is 14.7. The summed E-state index contributed by atoms with van der Waals surface area (Å²) in [6.07, 6.45) is 0. The molecule has 0 saturated carbocycles. The van der Waals surface area contributed by atoms with E-state index in [2.05, 4.69) is 72.3 Å². The van der Waals surface area contributed by atoms with Crippen molar-refractivity contribution >= 4 is 21.8 Å². The Morgan fingerprint density at radius 2 is 1.04 bits per heavy atom. The fourth-order valence-electron chi connectivity index (χ4n) is 2.68. The highest BCUT2D eigenvalue weighted by Crippen LogP contribution is 2.14. The van der Waals surface area contributed by atoms with Crippen LogP contribution in [-0.2, 0) is 0 Å². The number of pyridine rings is 2. The summed E-state index contributed by atoms with van der Waals surface area (Å²) in [5, 5.41) is 2.44. The molecule has 0 aliphatic carbocycles. The first-order chi connectivity index (χ1) is 11.5. The zero-order chi connectivity index (χ0) is 17.1. The van der Waals surface area contributed by atoms with Crippen LogP contribution in [0.5, 0.6) is 0 Å². The molecule has 0 aliphatic heterocycles. The van der Waals surface area contributed by atoms with Gasteiger partial charge >= 0.3 is 0 Å². The van der Waals surface area contributed by atoms with Gasteiger partial charge in [-0.3, -0.25) is 9.97 Å². The van der Waals surface area contributed by atoms with Crippen molar-refractivity contribution in [2.75, 3.05) is 0 Å². The molecule has 24 heavy (non-hydrogen) atoms. The molecule has 0 atom stereocenters. The van der Waals surface area contributed by atoms with Gasteiger partial charge in [-0.15, -0.1) is 0 Å². The molecule has 4 aromatic rings. The number of aromatic nitrogens is 2. The molecule has 2 aromatic carbocycles. The Balaban J connectivity index is 0.000000141. The molecule has 120 valence electrons. The summed E-state index contributed by atoms with van der Waals surface area (Å²) in [5.41, 5.74) is 6.88. The fraction of sp³-hybridized carbons (Fsp3) is 0.182. The highest BCUT2D eigenvalue weighted by Gasteiger charge is 1.95. The molecule has 2 heteroatoms. The number of rotatable bonds is 0. The number of hydrogen-bond donors (Lipinski definition) is 0. The second kappa shape index (κ2) is 6.79. The molecule has 0 spiro atoms. The monoisotopic (exact) mass is 314 g/mol. The first-order valence-corrected chi connectivity index (χ1v) is 8.19. The summed E-state index contributed by atoms with van der Waals surface area (Å²) in [5.74, 6) is 0. The molecule has 0 amide bonds. The van der Waals surface area contributed by atoms with Crippen molar-refractivity contribution in [3.05, 3.63) is 83.2 Å². The summed E-state index contributed by atoms with van der Waals surface area (Å²) in [7, 11) is 0. The van der Waals surface area contributed by atoms with Crippen molar-refractivity contribution in [3.63, 3.8) is 0 Å². The number of aryl methyl sites for hydroxylation is 4. The molecular weight excluding hydrogens is 292 g/mol. The van der Waals surface area contributed by atoms with Gasteiger partial charge in [0.25, 0.3) is 0 Å². The molecule has 2 nitrogen and oxygen atoms in total. The van der Waals surface area contributed by atoms with E-state index in [0.29, 0.717) is 0 Å². The van der Waals surface area contributed by atoms with Crippen LogP contribution < -0.4 is 0 Å². The normalized spacial score (nSPS) is 10.5. The van der Waals surface area contributed by atoms with Crippen LogP contribution in [0.1, 0.15) is 22.5 Å². The summed E-state index contributed by atoms with van der Waals surface area (Å²) >= 11 is 0. The molecule has 4 rings (SSSR count). The molecule has 0 radical (unpaired) electrons. The van der Waals surface area contributed by atoms with E-state index in [1.165, 1.54) is 21.9 Å². The molecule has 0 fully saturated rings. The van der Waals surface area contributed by atoms with Crippen LogP contribution in [0.3, 0.4) is 0 Å². The number of nitrogens with zero attached hydrogens (tertiary/aromatic N) is 2. The Kier molecular flexibility index (Phi) is 4.57. The van der Waals surface area contributed by atoms with Crippen LogP contribution in [0.15, 0.2) is 60.7 Å². The summed E-state index contributed by atoms with van der Waals surface area (Å²) in [6.45, 7) is 8.21. The highest BCUT2D eigenvalue weighted by molar-refractivity contribution is 5.79. The topological polar surface area (TPSA) is 25.8 Å². The van der Waals surface area contributed by atoms with Gasteiger partial charge in [0.05, 0.1) is 11.0 Å². The van der Waals surface area contributed by atoms with Gasteiger partial charge in [0.1, 0.15) is 0 Å². The van der Waals surface area contributed by atoms with Crippen molar-refractivity contribution in [1.29, 1.82) is 0 Å². The molecule has 0 bridgehead atoms. The molecule has 0 aliphatic rings. The SMILES string of the molecule is Cc1ccc2ccc(C)nc2c1.Cc1ccc2nc(C)ccc2c1. The average Bonchev–Trinajstić information content (AvgIpc) is 2.55. The van der Waals surface area contributed by atoms with Crippen LogP contribution in [0.25, 0.3) is 21.8 Å². The molecule has 2 aromatic heterocycles. The molecule has 2 heterocycles. The Morgan fingerprint density at radius 3 is 1.79 bits per heavy atom. The van der Waals surface area contributed by atoms with E-state index in [1.54, 1.807) is 0 Å². The van der Waals surface area contributed by atoms with E-state index in [0.717, 1.165) is 22.4 Å². The zero-order valence-corrected chi connectivity index (χ0v) is 14.7. The van der Waals surface area contributed by atoms with E-state index in [1.807, 2.05) is 26.0 Å². The minimum absolute atomic E-state index is 1.08. The predicted molar refractivity (Wildman–Crippen MR) is 102 cm³/mol. The van der Waals surface area contributed by atoms with Gasteiger partial charge in [-0.1, -0.05) is 35.9 Å². The number of fused-ring (bicyclic) bond motifs is 2. The third-order valence-electron chi connectivity index (χ3n) is 3.97. The minimum atomic E-state index is 1.08. The molecular formula is C22H22N2. The van der Waals surface area contributed by atoms with Crippen LogP contribution in [0.4, 0.5) is 0 Å². The molecule has 0 unspecified atom stereocenters. The van der Waals surface area contributed by atoms with Gasteiger partial charge in [-0.25, -0.2) is 0 Å². The van der Waals surface area contributed by atoms with Gasteiger partial charge < -0.3 is 0 Å². The molecule has 0 N–H and O–H groups in total. The van der Waals surface area contributed by atoms with Crippen molar-refractivity contribution in [2.24, 2.45) is 0 Å². The van der Waals surface area contributed by atoms with E-state index in [4.69, 9.17) is 0 Å². The third-order valence-corrected chi connectivity index (χ3v) is 3.97. The maximum atomic E-state index is 4.44. The Labute approximate surface area is 143 Å². The Morgan fingerprint density at radius 1 is 0.500 bits per heavy atom. The van der Waals surface area contributed by atoms with Gasteiger partial charge in [-0.2, -0.15) is 0 Å². The maximum absolute atomic E-state index is 4.44. The van der Waals surface area contributed by atoms with Crippen LogP contribution in [-0.4, -0.2) is 9.97 Å².